The molecule has 0 aliphatic rings. The van der Waals surface area contributed by atoms with Crippen LogP contribution in [0.2, 0.25) is 0 Å². The highest BCUT2D eigenvalue weighted by atomic mass is 16.2. The third-order valence-corrected chi connectivity index (χ3v) is 3.55. The minimum Gasteiger partial charge on any atom is -0.353 e. The second-order valence-electron chi connectivity index (χ2n) is 4.79. The number of hydrogen-bond acceptors (Lipinski definition) is 3. The van der Waals surface area contributed by atoms with Crippen molar-refractivity contribution in [3.8, 4) is 6.07 Å². The number of rotatable bonds is 7. The van der Waals surface area contributed by atoms with Crippen LogP contribution in [0.25, 0.3) is 0 Å². The molecular formula is C13H25N3O. The molecule has 98 valence electrons. The molecule has 0 fully saturated rings. The Morgan fingerprint density at radius 2 is 2.12 bits per heavy atom. The normalized spacial score (nSPS) is 16.1. The van der Waals surface area contributed by atoms with Crippen LogP contribution in [0.15, 0.2) is 0 Å². The van der Waals surface area contributed by atoms with E-state index in [0.717, 1.165) is 13.0 Å². The molecule has 0 bridgehead atoms. The summed E-state index contributed by atoms with van der Waals surface area (Å²) in [5, 5.41) is 11.8. The van der Waals surface area contributed by atoms with Crippen molar-refractivity contribution in [2.75, 3.05) is 20.1 Å². The van der Waals surface area contributed by atoms with E-state index >= 15 is 0 Å². The first-order chi connectivity index (χ1) is 7.91. The molecule has 0 spiro atoms. The summed E-state index contributed by atoms with van der Waals surface area (Å²) in [5.41, 5.74) is -0.894. The van der Waals surface area contributed by atoms with Gasteiger partial charge >= 0.3 is 0 Å². The number of carbonyl (C=O) groups is 1. The van der Waals surface area contributed by atoms with Gasteiger partial charge in [0.2, 0.25) is 5.91 Å². The molecule has 0 saturated heterocycles. The van der Waals surface area contributed by atoms with Crippen LogP contribution in [-0.2, 0) is 4.79 Å². The summed E-state index contributed by atoms with van der Waals surface area (Å²) in [6.45, 7) is 9.24. The first kappa shape index (κ1) is 15.9. The van der Waals surface area contributed by atoms with E-state index in [1.807, 2.05) is 14.0 Å². The lowest BCUT2D eigenvalue weighted by Crippen LogP contribution is -2.42. The zero-order valence-electron chi connectivity index (χ0n) is 11.7. The average molecular weight is 239 g/mol. The standard InChI is InChI=1S/C13H25N3O/c1-6-11(3)16(5)9-8-15-12(17)13(4,7-2)10-14/h11H,6-9H2,1-5H3,(H,15,17). The predicted molar refractivity (Wildman–Crippen MR) is 69.4 cm³/mol. The number of amides is 1. The molecule has 17 heavy (non-hydrogen) atoms. The van der Waals surface area contributed by atoms with Crippen molar-refractivity contribution in [2.24, 2.45) is 5.41 Å². The minimum atomic E-state index is -0.894. The number of nitrogens with zero attached hydrogens (tertiary/aromatic N) is 2. The van der Waals surface area contributed by atoms with Gasteiger partial charge in [0.05, 0.1) is 6.07 Å². The van der Waals surface area contributed by atoms with E-state index in [-0.39, 0.29) is 5.91 Å². The molecule has 0 saturated carbocycles. The molecule has 4 nitrogen and oxygen atoms in total. The average Bonchev–Trinajstić information content (AvgIpc) is 2.36. The highest BCUT2D eigenvalue weighted by Gasteiger charge is 2.30. The molecule has 0 heterocycles. The van der Waals surface area contributed by atoms with E-state index in [2.05, 4.69) is 30.1 Å². The van der Waals surface area contributed by atoms with Crippen LogP contribution in [-0.4, -0.2) is 37.0 Å². The molecule has 0 aromatic rings. The maximum Gasteiger partial charge on any atom is 0.240 e. The van der Waals surface area contributed by atoms with Gasteiger partial charge in [0, 0.05) is 19.1 Å². The van der Waals surface area contributed by atoms with Crippen LogP contribution in [0, 0.1) is 16.7 Å². The van der Waals surface area contributed by atoms with Crippen molar-refractivity contribution in [1.82, 2.24) is 10.2 Å². The van der Waals surface area contributed by atoms with Crippen molar-refractivity contribution in [3.63, 3.8) is 0 Å². The maximum absolute atomic E-state index is 11.8. The van der Waals surface area contributed by atoms with Crippen molar-refractivity contribution in [1.29, 1.82) is 5.26 Å². The molecule has 0 aromatic heterocycles. The number of hydrogen-bond donors (Lipinski definition) is 1. The van der Waals surface area contributed by atoms with Crippen LogP contribution < -0.4 is 5.32 Å². The molecule has 0 aliphatic carbocycles. The Balaban J connectivity index is 4.07. The predicted octanol–water partition coefficient (Wildman–Crippen LogP) is 1.77. The van der Waals surface area contributed by atoms with Crippen LogP contribution >= 0.6 is 0 Å². The number of nitriles is 1. The van der Waals surface area contributed by atoms with E-state index in [0.29, 0.717) is 19.0 Å². The smallest absolute Gasteiger partial charge is 0.240 e. The minimum absolute atomic E-state index is 0.167. The summed E-state index contributed by atoms with van der Waals surface area (Å²) < 4.78 is 0. The third kappa shape index (κ3) is 4.74. The topological polar surface area (TPSA) is 56.1 Å². The molecule has 0 aromatic carbocycles. The Hall–Kier alpha value is -1.08. The Morgan fingerprint density at radius 3 is 2.53 bits per heavy atom. The summed E-state index contributed by atoms with van der Waals surface area (Å²) in [7, 11) is 2.05. The van der Waals surface area contributed by atoms with Gasteiger partial charge < -0.3 is 10.2 Å². The van der Waals surface area contributed by atoms with Gasteiger partial charge in [0.25, 0.3) is 0 Å². The van der Waals surface area contributed by atoms with Crippen LogP contribution in [0.4, 0.5) is 0 Å². The van der Waals surface area contributed by atoms with Crippen molar-refractivity contribution in [2.45, 2.75) is 46.6 Å². The SMILES string of the molecule is CCC(C)N(C)CCNC(=O)C(C)(C#N)CC. The van der Waals surface area contributed by atoms with E-state index in [1.54, 1.807) is 6.92 Å². The van der Waals surface area contributed by atoms with Crippen LogP contribution in [0.3, 0.4) is 0 Å². The van der Waals surface area contributed by atoms with Gasteiger partial charge in [-0.05, 0) is 33.7 Å². The fourth-order valence-corrected chi connectivity index (χ4v) is 1.36. The van der Waals surface area contributed by atoms with Gasteiger partial charge in [-0.2, -0.15) is 5.26 Å². The number of carbonyl (C=O) groups excluding carboxylic acids is 1. The number of nitrogens with one attached hydrogen (secondary N) is 1. The molecule has 0 rings (SSSR count). The Morgan fingerprint density at radius 1 is 1.53 bits per heavy atom. The number of likely N-dealkylation sites (N-methyl/N-ethyl adjacent to an activating group) is 1. The van der Waals surface area contributed by atoms with Gasteiger partial charge in [-0.15, -0.1) is 0 Å². The van der Waals surface area contributed by atoms with Crippen molar-refractivity contribution < 1.29 is 4.79 Å². The van der Waals surface area contributed by atoms with Gasteiger partial charge in [0.1, 0.15) is 5.41 Å². The molecule has 4 heteroatoms. The Bertz CT molecular complexity index is 285. The lowest BCUT2D eigenvalue weighted by atomic mass is 9.88. The zero-order valence-corrected chi connectivity index (χ0v) is 11.7. The Labute approximate surface area is 105 Å². The van der Waals surface area contributed by atoms with Crippen molar-refractivity contribution >= 4 is 5.91 Å². The highest BCUT2D eigenvalue weighted by molar-refractivity contribution is 5.84. The highest BCUT2D eigenvalue weighted by Crippen LogP contribution is 2.19. The fourth-order valence-electron chi connectivity index (χ4n) is 1.36. The first-order valence-electron chi connectivity index (χ1n) is 6.31. The first-order valence-corrected chi connectivity index (χ1v) is 6.31. The third-order valence-electron chi connectivity index (χ3n) is 3.55. The maximum atomic E-state index is 11.8. The van der Waals surface area contributed by atoms with Gasteiger partial charge in [0.15, 0.2) is 0 Å². The van der Waals surface area contributed by atoms with Gasteiger partial charge in [-0.1, -0.05) is 13.8 Å². The summed E-state index contributed by atoms with van der Waals surface area (Å²) >= 11 is 0. The molecular weight excluding hydrogens is 214 g/mol. The summed E-state index contributed by atoms with van der Waals surface area (Å²) in [4.78, 5) is 14.0. The molecule has 1 amide bonds. The van der Waals surface area contributed by atoms with E-state index in [1.165, 1.54) is 0 Å². The molecule has 0 radical (unpaired) electrons. The van der Waals surface area contributed by atoms with Gasteiger partial charge in [-0.25, -0.2) is 0 Å². The summed E-state index contributed by atoms with van der Waals surface area (Å²) in [6, 6.07) is 2.59. The van der Waals surface area contributed by atoms with E-state index in [4.69, 9.17) is 5.26 Å². The summed E-state index contributed by atoms with van der Waals surface area (Å²) in [6.07, 6.45) is 1.63. The second-order valence-corrected chi connectivity index (χ2v) is 4.79. The van der Waals surface area contributed by atoms with E-state index < -0.39 is 5.41 Å². The summed E-state index contributed by atoms with van der Waals surface area (Å²) in [5.74, 6) is -0.167. The Kier molecular flexibility index (Phi) is 6.82. The largest absolute Gasteiger partial charge is 0.353 e. The lowest BCUT2D eigenvalue weighted by Gasteiger charge is -2.24. The molecule has 0 aliphatic heterocycles. The molecule has 1 N–H and O–H groups in total. The van der Waals surface area contributed by atoms with E-state index in [9.17, 15) is 4.79 Å². The molecule has 2 unspecified atom stereocenters. The monoisotopic (exact) mass is 239 g/mol. The second kappa shape index (κ2) is 7.29. The lowest BCUT2D eigenvalue weighted by molar-refractivity contribution is -0.127. The van der Waals surface area contributed by atoms with Crippen molar-refractivity contribution in [3.05, 3.63) is 0 Å². The quantitative estimate of drug-likeness (QED) is 0.736. The fraction of sp³-hybridized carbons (Fsp3) is 0.846. The van der Waals surface area contributed by atoms with Crippen LogP contribution in [0.5, 0.6) is 0 Å². The molecule has 2 atom stereocenters. The van der Waals surface area contributed by atoms with Gasteiger partial charge in [-0.3, -0.25) is 4.79 Å². The zero-order chi connectivity index (χ0) is 13.5. The van der Waals surface area contributed by atoms with Crippen LogP contribution in [0.1, 0.15) is 40.5 Å².